The topological polar surface area (TPSA) is 39.2 Å². The zero-order valence-electron chi connectivity index (χ0n) is 9.73. The van der Waals surface area contributed by atoms with E-state index < -0.39 is 5.97 Å². The van der Waals surface area contributed by atoms with Crippen LogP contribution >= 0.6 is 0 Å². The molecule has 1 aromatic carbocycles. The van der Waals surface area contributed by atoms with Crippen LogP contribution in [-0.4, -0.2) is 18.1 Å². The quantitative estimate of drug-likeness (QED) is 0.689. The lowest BCUT2D eigenvalue weighted by molar-refractivity contribution is 0.0594. The van der Waals surface area contributed by atoms with Gasteiger partial charge in [0.15, 0.2) is 0 Å². The highest BCUT2D eigenvalue weighted by molar-refractivity contribution is 5.90. The van der Waals surface area contributed by atoms with Crippen LogP contribution in [0.5, 0.6) is 0 Å². The average Bonchev–Trinajstić information content (AvgIpc) is 2.39. The first-order valence-electron chi connectivity index (χ1n) is 5.25. The number of ether oxygens (including phenoxy) is 1. The minimum atomic E-state index is -0.407. The number of carbonyl (C=O) groups excluding carboxylic acids is 1. The van der Waals surface area contributed by atoms with Gasteiger partial charge in [-0.1, -0.05) is 38.1 Å². The van der Waals surface area contributed by atoms with Gasteiger partial charge in [-0.05, 0) is 12.1 Å². The Bertz CT molecular complexity index is 480. The van der Waals surface area contributed by atoms with Crippen molar-refractivity contribution in [1.82, 2.24) is 4.98 Å². The van der Waals surface area contributed by atoms with E-state index in [1.807, 2.05) is 44.2 Å². The van der Waals surface area contributed by atoms with Gasteiger partial charge in [0.2, 0.25) is 0 Å². The molecule has 3 heteroatoms. The third-order valence-corrected chi connectivity index (χ3v) is 1.99. The number of hydrogen-bond acceptors (Lipinski definition) is 3. The van der Waals surface area contributed by atoms with Crippen LogP contribution in [0.15, 0.2) is 36.4 Å². The van der Waals surface area contributed by atoms with Gasteiger partial charge >= 0.3 is 5.97 Å². The number of rotatable bonds is 1. The van der Waals surface area contributed by atoms with Crippen LogP contribution in [0.4, 0.5) is 0 Å². The van der Waals surface area contributed by atoms with Crippen LogP contribution in [0.2, 0.25) is 0 Å². The molecule has 84 valence electrons. The van der Waals surface area contributed by atoms with Gasteiger partial charge in [-0.3, -0.25) is 0 Å². The van der Waals surface area contributed by atoms with E-state index in [2.05, 4.69) is 9.72 Å². The van der Waals surface area contributed by atoms with Crippen LogP contribution in [0.25, 0.3) is 10.9 Å². The van der Waals surface area contributed by atoms with Gasteiger partial charge in [-0.25, -0.2) is 9.78 Å². The van der Waals surface area contributed by atoms with Crippen molar-refractivity contribution in [3.63, 3.8) is 0 Å². The molecule has 0 amide bonds. The molecule has 0 aliphatic rings. The molecule has 0 aliphatic carbocycles. The van der Waals surface area contributed by atoms with E-state index in [1.165, 1.54) is 7.11 Å². The third-order valence-electron chi connectivity index (χ3n) is 1.99. The summed E-state index contributed by atoms with van der Waals surface area (Å²) in [7, 11) is 1.35. The van der Waals surface area contributed by atoms with Gasteiger partial charge in [0, 0.05) is 5.39 Å². The summed E-state index contributed by atoms with van der Waals surface area (Å²) in [6.07, 6.45) is 0. The number of para-hydroxylation sites is 1. The molecule has 0 unspecified atom stereocenters. The van der Waals surface area contributed by atoms with E-state index in [0.29, 0.717) is 5.69 Å². The van der Waals surface area contributed by atoms with Crippen LogP contribution in [0, 0.1) is 0 Å². The summed E-state index contributed by atoms with van der Waals surface area (Å²) in [6, 6.07) is 11.1. The summed E-state index contributed by atoms with van der Waals surface area (Å²) in [4.78, 5) is 15.3. The Hall–Kier alpha value is -1.90. The van der Waals surface area contributed by atoms with Crippen LogP contribution in [0.1, 0.15) is 24.3 Å². The summed E-state index contributed by atoms with van der Waals surface area (Å²) in [5.74, 6) is -0.407. The van der Waals surface area contributed by atoms with Crippen molar-refractivity contribution in [3.05, 3.63) is 42.1 Å². The van der Waals surface area contributed by atoms with Crippen molar-refractivity contribution in [2.45, 2.75) is 13.8 Å². The van der Waals surface area contributed by atoms with Crippen LogP contribution in [-0.2, 0) is 4.74 Å². The Labute approximate surface area is 95.1 Å². The molecule has 1 aromatic heterocycles. The Balaban J connectivity index is 0.000000606. The fourth-order valence-electron chi connectivity index (χ4n) is 1.28. The molecule has 0 saturated carbocycles. The summed E-state index contributed by atoms with van der Waals surface area (Å²) in [5, 5.41) is 1.01. The van der Waals surface area contributed by atoms with E-state index in [0.717, 1.165) is 10.9 Å². The van der Waals surface area contributed by atoms with Crippen LogP contribution < -0.4 is 0 Å². The molecule has 2 rings (SSSR count). The largest absolute Gasteiger partial charge is 0.464 e. The first kappa shape index (κ1) is 12.2. The molecule has 0 spiro atoms. The summed E-state index contributed by atoms with van der Waals surface area (Å²) in [5.41, 5.74) is 1.14. The summed E-state index contributed by atoms with van der Waals surface area (Å²) < 4.78 is 4.58. The first-order valence-corrected chi connectivity index (χ1v) is 5.25. The summed E-state index contributed by atoms with van der Waals surface area (Å²) >= 11 is 0. The lowest BCUT2D eigenvalue weighted by Crippen LogP contribution is -2.03. The Kier molecular flexibility index (Phi) is 4.45. The van der Waals surface area contributed by atoms with Gasteiger partial charge in [0.1, 0.15) is 5.69 Å². The number of benzene rings is 1. The first-order chi connectivity index (χ1) is 7.81. The molecule has 0 radical (unpaired) electrons. The second-order valence-corrected chi connectivity index (χ2v) is 2.88. The van der Waals surface area contributed by atoms with Crippen molar-refractivity contribution >= 4 is 16.9 Å². The molecule has 0 bridgehead atoms. The molecule has 0 atom stereocenters. The lowest BCUT2D eigenvalue weighted by atomic mass is 10.2. The molecule has 0 saturated heterocycles. The number of nitrogens with zero attached hydrogens (tertiary/aromatic N) is 1. The van der Waals surface area contributed by atoms with E-state index in [-0.39, 0.29) is 0 Å². The van der Waals surface area contributed by atoms with E-state index >= 15 is 0 Å². The van der Waals surface area contributed by atoms with Gasteiger partial charge in [-0.15, -0.1) is 0 Å². The Morgan fingerprint density at radius 3 is 2.50 bits per heavy atom. The molecule has 16 heavy (non-hydrogen) atoms. The minimum absolute atomic E-state index is 0.339. The molecule has 0 aliphatic heterocycles. The molecule has 2 aromatic rings. The van der Waals surface area contributed by atoms with Crippen LogP contribution in [0.3, 0.4) is 0 Å². The molecule has 0 N–H and O–H groups in total. The van der Waals surface area contributed by atoms with Gasteiger partial charge in [0.25, 0.3) is 0 Å². The molecule has 1 heterocycles. The average molecular weight is 217 g/mol. The highest BCUT2D eigenvalue weighted by Gasteiger charge is 2.06. The van der Waals surface area contributed by atoms with Crippen molar-refractivity contribution in [1.29, 1.82) is 0 Å². The number of carbonyl (C=O) groups is 1. The fourth-order valence-corrected chi connectivity index (χ4v) is 1.28. The van der Waals surface area contributed by atoms with Gasteiger partial charge in [-0.2, -0.15) is 0 Å². The van der Waals surface area contributed by atoms with Crippen molar-refractivity contribution in [2.75, 3.05) is 7.11 Å². The highest BCUT2D eigenvalue weighted by atomic mass is 16.5. The van der Waals surface area contributed by atoms with Gasteiger partial charge in [0.05, 0.1) is 12.6 Å². The van der Waals surface area contributed by atoms with E-state index in [1.54, 1.807) is 6.07 Å². The molecule has 0 fully saturated rings. The number of esters is 1. The maximum Gasteiger partial charge on any atom is 0.356 e. The minimum Gasteiger partial charge on any atom is -0.464 e. The number of aromatic nitrogens is 1. The standard InChI is InChI=1S/C11H9NO2.C2H6/c1-14-11(13)10-7-6-8-4-2-3-5-9(8)12-10;1-2/h2-7H,1H3;1-2H3. The predicted molar refractivity (Wildman–Crippen MR) is 64.4 cm³/mol. The fraction of sp³-hybridized carbons (Fsp3) is 0.231. The Morgan fingerprint density at radius 1 is 1.12 bits per heavy atom. The second-order valence-electron chi connectivity index (χ2n) is 2.88. The maximum absolute atomic E-state index is 11.2. The third kappa shape index (κ3) is 2.57. The van der Waals surface area contributed by atoms with Gasteiger partial charge < -0.3 is 4.74 Å². The van der Waals surface area contributed by atoms with E-state index in [9.17, 15) is 4.79 Å². The van der Waals surface area contributed by atoms with Crippen molar-refractivity contribution < 1.29 is 9.53 Å². The second kappa shape index (κ2) is 5.85. The maximum atomic E-state index is 11.2. The zero-order chi connectivity index (χ0) is 12.0. The van der Waals surface area contributed by atoms with Crippen molar-refractivity contribution in [3.8, 4) is 0 Å². The SMILES string of the molecule is CC.COC(=O)c1ccc2ccccc2n1. The molecule has 3 nitrogen and oxygen atoms in total. The number of fused-ring (bicyclic) bond motifs is 1. The number of methoxy groups -OCH3 is 1. The predicted octanol–water partition coefficient (Wildman–Crippen LogP) is 3.05. The zero-order valence-corrected chi connectivity index (χ0v) is 9.73. The smallest absolute Gasteiger partial charge is 0.356 e. The highest BCUT2D eigenvalue weighted by Crippen LogP contribution is 2.11. The Morgan fingerprint density at radius 2 is 1.81 bits per heavy atom. The van der Waals surface area contributed by atoms with Crippen molar-refractivity contribution in [2.24, 2.45) is 0 Å². The normalized spacial score (nSPS) is 9.19. The summed E-state index contributed by atoms with van der Waals surface area (Å²) in [6.45, 7) is 4.00. The van der Waals surface area contributed by atoms with E-state index in [4.69, 9.17) is 0 Å². The lowest BCUT2D eigenvalue weighted by Gasteiger charge is -2.00. The monoisotopic (exact) mass is 217 g/mol. The molecular weight excluding hydrogens is 202 g/mol. The number of pyridine rings is 1. The number of hydrogen-bond donors (Lipinski definition) is 0. The molecular formula is C13H15NO2.